The Hall–Kier alpha value is -0.100. The fourth-order valence-corrected chi connectivity index (χ4v) is 3.98. The first-order valence-electron chi connectivity index (χ1n) is 5.31. The summed E-state index contributed by atoms with van der Waals surface area (Å²) in [6.07, 6.45) is 2.85. The van der Waals surface area contributed by atoms with Gasteiger partial charge in [-0.05, 0) is 60.3 Å². The van der Waals surface area contributed by atoms with Crippen LogP contribution >= 0.6 is 27.5 Å². The smallest absolute Gasteiger partial charge is 0.207 e. The van der Waals surface area contributed by atoms with E-state index in [4.69, 9.17) is 11.6 Å². The van der Waals surface area contributed by atoms with Crippen LogP contribution in [0.4, 0.5) is 0 Å². The maximum absolute atomic E-state index is 12.1. The van der Waals surface area contributed by atoms with Crippen LogP contribution in [0.3, 0.4) is 0 Å². The Balaban J connectivity index is 2.28. The molecule has 1 aromatic carbocycles. The summed E-state index contributed by atoms with van der Waals surface area (Å²) in [5, 5.41) is 0.499. The average molecular weight is 339 g/mol. The lowest BCUT2D eigenvalue weighted by Crippen LogP contribution is -2.50. The molecule has 0 radical (unpaired) electrons. The van der Waals surface area contributed by atoms with E-state index in [1.165, 1.54) is 12.1 Å². The molecular formula is C11H13BrClNO2S. The minimum atomic E-state index is -3.46. The third-order valence-electron chi connectivity index (χ3n) is 3.04. The summed E-state index contributed by atoms with van der Waals surface area (Å²) in [5.74, 6) is 0. The fourth-order valence-electron chi connectivity index (χ4n) is 1.84. The molecule has 0 aliphatic heterocycles. The predicted molar refractivity (Wildman–Crippen MR) is 71.7 cm³/mol. The molecule has 1 aliphatic carbocycles. The van der Waals surface area contributed by atoms with Crippen LogP contribution in [-0.4, -0.2) is 14.0 Å². The molecule has 3 nitrogen and oxygen atoms in total. The number of halogens is 2. The Morgan fingerprint density at radius 2 is 2.06 bits per heavy atom. The van der Waals surface area contributed by atoms with Gasteiger partial charge in [-0.3, -0.25) is 0 Å². The van der Waals surface area contributed by atoms with E-state index < -0.39 is 10.0 Å². The second-order valence-corrected chi connectivity index (χ2v) is 7.54. The SMILES string of the molecule is CC1(NS(=O)(=O)c2ccc(Cl)c(Br)c2)CCC1. The van der Waals surface area contributed by atoms with Crippen molar-refractivity contribution in [1.29, 1.82) is 0 Å². The fraction of sp³-hybridized carbons (Fsp3) is 0.455. The maximum atomic E-state index is 12.1. The maximum Gasteiger partial charge on any atom is 0.241 e. The van der Waals surface area contributed by atoms with Gasteiger partial charge < -0.3 is 0 Å². The summed E-state index contributed by atoms with van der Waals surface area (Å²) in [7, 11) is -3.46. The van der Waals surface area contributed by atoms with Crippen LogP contribution in [0, 0.1) is 0 Å². The molecule has 0 atom stereocenters. The number of hydrogen-bond donors (Lipinski definition) is 1. The number of hydrogen-bond acceptors (Lipinski definition) is 2. The Kier molecular flexibility index (Phi) is 3.56. The lowest BCUT2D eigenvalue weighted by atomic mass is 9.80. The Morgan fingerprint density at radius 3 is 2.53 bits per heavy atom. The molecule has 0 saturated heterocycles. The van der Waals surface area contributed by atoms with Gasteiger partial charge in [-0.1, -0.05) is 11.6 Å². The summed E-state index contributed by atoms with van der Waals surface area (Å²) in [4.78, 5) is 0.238. The Bertz CT molecular complexity index is 540. The molecule has 0 heterocycles. The van der Waals surface area contributed by atoms with Crippen LogP contribution in [0.25, 0.3) is 0 Å². The zero-order valence-corrected chi connectivity index (χ0v) is 12.5. The monoisotopic (exact) mass is 337 g/mol. The van der Waals surface area contributed by atoms with E-state index in [2.05, 4.69) is 20.7 Å². The Labute approximate surface area is 115 Å². The summed E-state index contributed by atoms with van der Waals surface area (Å²) in [6, 6.07) is 4.60. The number of sulfonamides is 1. The number of nitrogens with one attached hydrogen (secondary N) is 1. The first-order chi connectivity index (χ1) is 7.82. The van der Waals surface area contributed by atoms with Crippen molar-refractivity contribution < 1.29 is 8.42 Å². The third-order valence-corrected chi connectivity index (χ3v) is 5.89. The third kappa shape index (κ3) is 2.84. The van der Waals surface area contributed by atoms with Crippen LogP contribution in [0.2, 0.25) is 5.02 Å². The molecule has 1 aromatic rings. The minimum absolute atomic E-state index is 0.238. The van der Waals surface area contributed by atoms with Gasteiger partial charge in [-0.25, -0.2) is 13.1 Å². The van der Waals surface area contributed by atoms with Crippen molar-refractivity contribution in [1.82, 2.24) is 4.72 Å². The summed E-state index contributed by atoms with van der Waals surface area (Å²) in [6.45, 7) is 1.93. The molecule has 0 bridgehead atoms. The van der Waals surface area contributed by atoms with Gasteiger partial charge in [0.15, 0.2) is 0 Å². The second kappa shape index (κ2) is 4.53. The normalized spacial score (nSPS) is 18.8. The van der Waals surface area contributed by atoms with Gasteiger partial charge in [0, 0.05) is 10.0 Å². The zero-order valence-electron chi connectivity index (χ0n) is 9.33. The van der Waals surface area contributed by atoms with Crippen LogP contribution < -0.4 is 4.72 Å². The van der Waals surface area contributed by atoms with Crippen molar-refractivity contribution in [3.05, 3.63) is 27.7 Å². The summed E-state index contributed by atoms with van der Waals surface area (Å²) < 4.78 is 27.6. The van der Waals surface area contributed by atoms with Gasteiger partial charge in [0.25, 0.3) is 0 Å². The number of benzene rings is 1. The zero-order chi connectivity index (χ0) is 12.7. The average Bonchev–Trinajstić information content (AvgIpc) is 2.19. The number of rotatable bonds is 3. The van der Waals surface area contributed by atoms with E-state index in [0.717, 1.165) is 19.3 Å². The highest BCUT2D eigenvalue weighted by molar-refractivity contribution is 9.10. The topological polar surface area (TPSA) is 46.2 Å². The van der Waals surface area contributed by atoms with Crippen LogP contribution in [0.1, 0.15) is 26.2 Å². The van der Waals surface area contributed by atoms with Gasteiger partial charge >= 0.3 is 0 Å². The molecule has 2 rings (SSSR count). The van der Waals surface area contributed by atoms with Crippen LogP contribution in [0.5, 0.6) is 0 Å². The quantitative estimate of drug-likeness (QED) is 0.919. The molecule has 0 spiro atoms. The molecule has 94 valence electrons. The van der Waals surface area contributed by atoms with Crippen molar-refractivity contribution in [3.63, 3.8) is 0 Å². The highest BCUT2D eigenvalue weighted by atomic mass is 79.9. The molecule has 0 amide bonds. The molecule has 0 unspecified atom stereocenters. The van der Waals surface area contributed by atoms with Crippen molar-refractivity contribution >= 4 is 37.6 Å². The minimum Gasteiger partial charge on any atom is -0.207 e. The van der Waals surface area contributed by atoms with Crippen molar-refractivity contribution in [3.8, 4) is 0 Å². The summed E-state index contributed by atoms with van der Waals surface area (Å²) >= 11 is 9.07. The van der Waals surface area contributed by atoms with E-state index in [0.29, 0.717) is 9.50 Å². The molecule has 6 heteroatoms. The molecule has 17 heavy (non-hydrogen) atoms. The van der Waals surface area contributed by atoms with E-state index in [1.54, 1.807) is 6.07 Å². The molecule has 1 fully saturated rings. The predicted octanol–water partition coefficient (Wildman–Crippen LogP) is 3.32. The summed E-state index contributed by atoms with van der Waals surface area (Å²) in [5.41, 5.74) is -0.287. The van der Waals surface area contributed by atoms with Crippen molar-refractivity contribution in [2.75, 3.05) is 0 Å². The molecule has 1 N–H and O–H groups in total. The van der Waals surface area contributed by atoms with Gasteiger partial charge in [-0.2, -0.15) is 0 Å². The van der Waals surface area contributed by atoms with E-state index in [9.17, 15) is 8.42 Å². The van der Waals surface area contributed by atoms with E-state index in [1.807, 2.05) is 6.92 Å². The first kappa shape index (κ1) is 13.3. The largest absolute Gasteiger partial charge is 0.241 e. The van der Waals surface area contributed by atoms with Gasteiger partial charge in [0.2, 0.25) is 10.0 Å². The van der Waals surface area contributed by atoms with Gasteiger partial charge in [0.1, 0.15) is 0 Å². The van der Waals surface area contributed by atoms with E-state index in [-0.39, 0.29) is 10.4 Å². The van der Waals surface area contributed by atoms with Gasteiger partial charge in [0.05, 0.1) is 9.92 Å². The standard InChI is InChI=1S/C11H13BrClNO2S/c1-11(5-2-6-11)14-17(15,16)8-3-4-10(13)9(12)7-8/h3-4,7,14H,2,5-6H2,1H3. The molecule has 1 saturated carbocycles. The molecular weight excluding hydrogens is 326 g/mol. The van der Waals surface area contributed by atoms with Gasteiger partial charge in [-0.15, -0.1) is 0 Å². The van der Waals surface area contributed by atoms with Crippen molar-refractivity contribution in [2.24, 2.45) is 0 Å². The van der Waals surface area contributed by atoms with Crippen LogP contribution in [-0.2, 0) is 10.0 Å². The lowest BCUT2D eigenvalue weighted by Gasteiger charge is -2.38. The van der Waals surface area contributed by atoms with Crippen LogP contribution in [0.15, 0.2) is 27.6 Å². The highest BCUT2D eigenvalue weighted by Gasteiger charge is 2.36. The Morgan fingerprint density at radius 1 is 1.41 bits per heavy atom. The molecule has 0 aromatic heterocycles. The second-order valence-electron chi connectivity index (χ2n) is 4.60. The van der Waals surface area contributed by atoms with Crippen molar-refractivity contribution in [2.45, 2.75) is 36.6 Å². The lowest BCUT2D eigenvalue weighted by molar-refractivity contribution is 0.248. The van der Waals surface area contributed by atoms with E-state index >= 15 is 0 Å². The highest BCUT2D eigenvalue weighted by Crippen LogP contribution is 2.33. The first-order valence-corrected chi connectivity index (χ1v) is 7.97. The molecule has 1 aliphatic rings.